The van der Waals surface area contributed by atoms with E-state index in [0.717, 1.165) is 0 Å². The summed E-state index contributed by atoms with van der Waals surface area (Å²) in [4.78, 5) is 33.7. The van der Waals surface area contributed by atoms with Crippen LogP contribution in [-0.2, 0) is 14.4 Å². The summed E-state index contributed by atoms with van der Waals surface area (Å²) in [7, 11) is 0. The van der Waals surface area contributed by atoms with Crippen LogP contribution in [0.3, 0.4) is 0 Å². The minimum absolute atomic E-state index is 0.0694. The van der Waals surface area contributed by atoms with Gasteiger partial charge in [-0.3, -0.25) is 14.9 Å². The number of hydrogen-bond acceptors (Lipinski definition) is 4. The van der Waals surface area contributed by atoms with E-state index in [2.05, 4.69) is 16.0 Å². The molecule has 0 aromatic rings. The van der Waals surface area contributed by atoms with E-state index in [9.17, 15) is 14.4 Å². The van der Waals surface area contributed by atoms with Crippen molar-refractivity contribution in [1.29, 1.82) is 0 Å². The van der Waals surface area contributed by atoms with Crippen LogP contribution in [0.1, 0.15) is 20.3 Å². The van der Waals surface area contributed by atoms with Gasteiger partial charge in [0.1, 0.15) is 12.1 Å². The molecule has 2 atom stereocenters. The molecule has 7 nitrogen and oxygen atoms in total. The van der Waals surface area contributed by atoms with E-state index in [-0.39, 0.29) is 24.9 Å². The molecule has 0 aromatic heterocycles. The van der Waals surface area contributed by atoms with Gasteiger partial charge in [0.2, 0.25) is 11.8 Å². The van der Waals surface area contributed by atoms with Crippen LogP contribution in [0.5, 0.6) is 0 Å². The fraction of sp³-hybridized carbons (Fsp3) is 0.727. The third-order valence-electron chi connectivity index (χ3n) is 2.65. The fourth-order valence-corrected chi connectivity index (χ4v) is 1.72. The summed E-state index contributed by atoms with van der Waals surface area (Å²) in [5.41, 5.74) is 0. The molecule has 4 N–H and O–H groups in total. The van der Waals surface area contributed by atoms with E-state index in [1.54, 1.807) is 0 Å². The van der Waals surface area contributed by atoms with Gasteiger partial charge in [-0.15, -0.1) is 0 Å². The Hall–Kier alpha value is -1.63. The first-order valence-corrected chi connectivity index (χ1v) is 5.93. The van der Waals surface area contributed by atoms with Crippen molar-refractivity contribution in [3.8, 4) is 0 Å². The van der Waals surface area contributed by atoms with E-state index in [0.29, 0.717) is 6.42 Å². The second-order valence-electron chi connectivity index (χ2n) is 4.77. The van der Waals surface area contributed by atoms with E-state index in [1.807, 2.05) is 13.8 Å². The number of rotatable bonds is 5. The number of carboxylic acids is 1. The third kappa shape index (κ3) is 4.33. The molecule has 0 bridgehead atoms. The summed E-state index contributed by atoms with van der Waals surface area (Å²) in [5.74, 6) is -1.44. The summed E-state index contributed by atoms with van der Waals surface area (Å²) < 4.78 is 0. The van der Waals surface area contributed by atoms with E-state index >= 15 is 0 Å². The van der Waals surface area contributed by atoms with Crippen LogP contribution in [0.4, 0.5) is 0 Å². The number of aliphatic carboxylic acids is 1. The van der Waals surface area contributed by atoms with Crippen molar-refractivity contribution >= 4 is 17.8 Å². The van der Waals surface area contributed by atoms with Crippen molar-refractivity contribution in [2.24, 2.45) is 5.92 Å². The van der Waals surface area contributed by atoms with Gasteiger partial charge in [-0.25, -0.2) is 4.79 Å². The second kappa shape index (κ2) is 6.34. The highest BCUT2D eigenvalue weighted by Gasteiger charge is 2.28. The van der Waals surface area contributed by atoms with Crippen LogP contribution in [0.2, 0.25) is 0 Å². The van der Waals surface area contributed by atoms with Gasteiger partial charge in [0.05, 0.1) is 6.54 Å². The molecule has 0 spiro atoms. The molecule has 2 amide bonds. The molecule has 1 fully saturated rings. The van der Waals surface area contributed by atoms with Crippen LogP contribution in [-0.4, -0.2) is 48.1 Å². The van der Waals surface area contributed by atoms with Gasteiger partial charge in [-0.2, -0.15) is 0 Å². The van der Waals surface area contributed by atoms with Crippen molar-refractivity contribution in [2.45, 2.75) is 32.4 Å². The Kier molecular flexibility index (Phi) is 5.08. The van der Waals surface area contributed by atoms with Gasteiger partial charge >= 0.3 is 5.97 Å². The molecule has 0 aromatic carbocycles. The molecule has 0 aliphatic carbocycles. The Morgan fingerprint density at radius 3 is 2.61 bits per heavy atom. The van der Waals surface area contributed by atoms with Gasteiger partial charge < -0.3 is 15.7 Å². The molecule has 0 saturated carbocycles. The molecule has 102 valence electrons. The first-order valence-electron chi connectivity index (χ1n) is 5.93. The van der Waals surface area contributed by atoms with Crippen molar-refractivity contribution in [3.05, 3.63) is 0 Å². The minimum Gasteiger partial charge on any atom is -0.480 e. The topological polar surface area (TPSA) is 108 Å². The SMILES string of the molecule is CC(C)CC(NC(=O)C1CNC(=O)CN1)C(=O)O. The van der Waals surface area contributed by atoms with Gasteiger partial charge in [-0.1, -0.05) is 13.8 Å². The predicted molar refractivity (Wildman–Crippen MR) is 63.8 cm³/mol. The van der Waals surface area contributed by atoms with Gasteiger partial charge in [0.15, 0.2) is 0 Å². The number of piperazine rings is 1. The molecule has 1 saturated heterocycles. The van der Waals surface area contributed by atoms with Crippen LogP contribution in [0, 0.1) is 5.92 Å². The summed E-state index contributed by atoms with van der Waals surface area (Å²) in [6.45, 7) is 4.03. The highest BCUT2D eigenvalue weighted by atomic mass is 16.4. The molecule has 0 radical (unpaired) electrons. The lowest BCUT2D eigenvalue weighted by Crippen LogP contribution is -2.59. The number of carbonyl (C=O) groups is 3. The first kappa shape index (κ1) is 14.4. The Morgan fingerprint density at radius 1 is 1.50 bits per heavy atom. The van der Waals surface area contributed by atoms with Crippen LogP contribution >= 0.6 is 0 Å². The van der Waals surface area contributed by atoms with Crippen molar-refractivity contribution in [1.82, 2.24) is 16.0 Å². The zero-order valence-corrected chi connectivity index (χ0v) is 10.5. The van der Waals surface area contributed by atoms with Crippen LogP contribution in [0.25, 0.3) is 0 Å². The van der Waals surface area contributed by atoms with E-state index < -0.39 is 24.0 Å². The van der Waals surface area contributed by atoms with Crippen molar-refractivity contribution < 1.29 is 19.5 Å². The summed E-state index contributed by atoms with van der Waals surface area (Å²) in [6.07, 6.45) is 0.375. The Morgan fingerprint density at radius 2 is 2.17 bits per heavy atom. The van der Waals surface area contributed by atoms with Crippen LogP contribution < -0.4 is 16.0 Å². The fourth-order valence-electron chi connectivity index (χ4n) is 1.72. The summed E-state index contributed by atoms with van der Waals surface area (Å²) in [6, 6.07) is -1.46. The first-order chi connectivity index (χ1) is 8.40. The number of carboxylic acid groups (broad SMARTS) is 1. The standard InChI is InChI=1S/C11H19N3O4/c1-6(2)3-7(11(17)18)14-10(16)8-4-13-9(15)5-12-8/h6-8,12H,3-5H2,1-2H3,(H,13,15)(H,14,16)(H,17,18). The third-order valence-corrected chi connectivity index (χ3v) is 2.65. The molecule has 18 heavy (non-hydrogen) atoms. The monoisotopic (exact) mass is 257 g/mol. The van der Waals surface area contributed by atoms with Crippen molar-refractivity contribution in [2.75, 3.05) is 13.1 Å². The molecule has 1 aliphatic rings. The second-order valence-corrected chi connectivity index (χ2v) is 4.77. The van der Waals surface area contributed by atoms with E-state index in [1.165, 1.54) is 0 Å². The largest absolute Gasteiger partial charge is 0.480 e. The maximum atomic E-state index is 11.8. The highest BCUT2D eigenvalue weighted by molar-refractivity contribution is 5.89. The molecular formula is C11H19N3O4. The Balaban J connectivity index is 2.50. The number of hydrogen-bond donors (Lipinski definition) is 4. The van der Waals surface area contributed by atoms with Gasteiger partial charge in [0.25, 0.3) is 0 Å². The summed E-state index contributed by atoms with van der Waals surface area (Å²) in [5, 5.41) is 16.8. The Labute approximate surface area is 105 Å². The summed E-state index contributed by atoms with van der Waals surface area (Å²) >= 11 is 0. The maximum Gasteiger partial charge on any atom is 0.326 e. The quantitative estimate of drug-likeness (QED) is 0.489. The predicted octanol–water partition coefficient (Wildman–Crippen LogP) is -1.31. The molecule has 1 rings (SSSR count). The van der Waals surface area contributed by atoms with Gasteiger partial charge in [0, 0.05) is 6.54 Å². The smallest absolute Gasteiger partial charge is 0.326 e. The lowest BCUT2D eigenvalue weighted by molar-refractivity contribution is -0.142. The lowest BCUT2D eigenvalue weighted by Gasteiger charge is -2.25. The Bertz CT molecular complexity index is 333. The maximum absolute atomic E-state index is 11.8. The molecular weight excluding hydrogens is 238 g/mol. The number of carbonyl (C=O) groups excluding carboxylic acids is 2. The van der Waals surface area contributed by atoms with Crippen LogP contribution in [0.15, 0.2) is 0 Å². The zero-order valence-electron chi connectivity index (χ0n) is 10.5. The minimum atomic E-state index is -1.04. The highest BCUT2D eigenvalue weighted by Crippen LogP contribution is 2.05. The van der Waals surface area contributed by atoms with Crippen molar-refractivity contribution in [3.63, 3.8) is 0 Å². The van der Waals surface area contributed by atoms with Gasteiger partial charge in [-0.05, 0) is 12.3 Å². The average molecular weight is 257 g/mol. The number of amides is 2. The molecule has 7 heteroatoms. The van der Waals surface area contributed by atoms with E-state index in [4.69, 9.17) is 5.11 Å². The molecule has 1 heterocycles. The number of nitrogens with one attached hydrogen (secondary N) is 3. The normalized spacial score (nSPS) is 21.3. The molecule has 2 unspecified atom stereocenters. The zero-order chi connectivity index (χ0) is 13.7. The molecule has 1 aliphatic heterocycles. The lowest BCUT2D eigenvalue weighted by atomic mass is 10.0. The average Bonchev–Trinajstić information content (AvgIpc) is 2.28.